The minimum atomic E-state index is -1.02. The first-order chi connectivity index (χ1) is 21.1. The molecule has 0 aromatic carbocycles. The van der Waals surface area contributed by atoms with Crippen LogP contribution in [0.2, 0.25) is 0 Å². The number of hydrogen-bond donors (Lipinski definition) is 0. The Balaban J connectivity index is 1.51. The highest BCUT2D eigenvalue weighted by molar-refractivity contribution is 6.26. The average molecular weight is 599 g/mol. The number of carbonyl (C=O) groups is 5. The monoisotopic (exact) mass is 598 g/mol. The van der Waals surface area contributed by atoms with E-state index in [4.69, 9.17) is 14.2 Å². The van der Waals surface area contributed by atoms with Gasteiger partial charge in [-0.25, -0.2) is 9.78 Å². The maximum Gasteiger partial charge on any atom is 0.356 e. The van der Waals surface area contributed by atoms with Gasteiger partial charge >= 0.3 is 5.97 Å². The first-order valence-corrected chi connectivity index (χ1v) is 14.2. The lowest BCUT2D eigenvalue weighted by molar-refractivity contribution is -0.126. The van der Waals surface area contributed by atoms with Crippen molar-refractivity contribution in [1.29, 1.82) is 5.26 Å². The zero-order valence-corrected chi connectivity index (χ0v) is 24.9. The molecule has 12 heteroatoms. The van der Waals surface area contributed by atoms with E-state index in [1.807, 2.05) is 4.90 Å². The molecule has 44 heavy (non-hydrogen) atoms. The van der Waals surface area contributed by atoms with E-state index in [1.54, 1.807) is 31.0 Å². The van der Waals surface area contributed by atoms with Crippen molar-refractivity contribution in [2.24, 2.45) is 0 Å². The smallest absolute Gasteiger partial charge is 0.356 e. The largest absolute Gasteiger partial charge is 0.492 e. The number of carbonyl (C=O) groups excluding carboxylic acids is 5. The molecular weight excluding hydrogens is 568 g/mol. The number of hydrogen-bond acceptors (Lipinski definition) is 12. The van der Waals surface area contributed by atoms with Gasteiger partial charge in [0.25, 0.3) is 0 Å². The fourth-order valence-electron chi connectivity index (χ4n) is 7.49. The third-order valence-electron chi connectivity index (χ3n) is 9.46. The first kappa shape index (κ1) is 29.3. The summed E-state index contributed by atoms with van der Waals surface area (Å²) in [5, 5.41) is 10.6. The van der Waals surface area contributed by atoms with Crippen molar-refractivity contribution < 1.29 is 38.2 Å². The molecule has 1 fully saturated rings. The van der Waals surface area contributed by atoms with Gasteiger partial charge in [-0.1, -0.05) is 6.07 Å². The van der Waals surface area contributed by atoms with Gasteiger partial charge < -0.3 is 14.2 Å². The number of piperazine rings is 1. The Morgan fingerprint density at radius 2 is 1.52 bits per heavy atom. The van der Waals surface area contributed by atoms with E-state index in [-0.39, 0.29) is 70.3 Å². The summed E-state index contributed by atoms with van der Waals surface area (Å²) in [6.45, 7) is 2.68. The predicted molar refractivity (Wildman–Crippen MR) is 151 cm³/mol. The summed E-state index contributed by atoms with van der Waals surface area (Å²) in [6.07, 6.45) is 1.58. The van der Waals surface area contributed by atoms with Crippen LogP contribution in [0.5, 0.6) is 0 Å². The van der Waals surface area contributed by atoms with Gasteiger partial charge in [-0.15, -0.1) is 0 Å². The first-order valence-electron chi connectivity index (χ1n) is 14.2. The quantitative estimate of drug-likeness (QED) is 0.355. The van der Waals surface area contributed by atoms with Crippen molar-refractivity contribution in [1.82, 2.24) is 14.8 Å². The molecule has 3 aliphatic heterocycles. The van der Waals surface area contributed by atoms with E-state index < -0.39 is 53.5 Å². The topological polar surface area (TPSA) is 156 Å². The average Bonchev–Trinajstić information content (AvgIpc) is 3.02. The molecule has 6 rings (SSSR count). The summed E-state index contributed by atoms with van der Waals surface area (Å²) in [4.78, 5) is 75.8. The molecule has 1 saturated heterocycles. The number of nitrogens with zero attached hydrogens (tertiary/aromatic N) is 4. The molecule has 0 saturated carbocycles. The second-order valence-corrected chi connectivity index (χ2v) is 11.4. The summed E-state index contributed by atoms with van der Waals surface area (Å²) in [5.41, 5.74) is 1.30. The lowest BCUT2D eigenvalue weighted by Crippen LogP contribution is -2.74. The summed E-state index contributed by atoms with van der Waals surface area (Å²) in [7, 11) is 4.43. The summed E-state index contributed by atoms with van der Waals surface area (Å²) >= 11 is 0. The molecule has 0 radical (unpaired) electrons. The molecule has 1 aromatic rings. The number of Topliss-reactive ketones (excluding diaryl/α,β-unsaturated/α-hetero) is 4. The van der Waals surface area contributed by atoms with E-state index >= 15 is 0 Å². The lowest BCUT2D eigenvalue weighted by Gasteiger charge is -2.60. The van der Waals surface area contributed by atoms with Crippen LogP contribution in [-0.2, 0) is 33.4 Å². The predicted octanol–water partition coefficient (Wildman–Crippen LogP) is 1.40. The van der Waals surface area contributed by atoms with Crippen molar-refractivity contribution in [3.8, 4) is 6.07 Å². The van der Waals surface area contributed by atoms with E-state index in [2.05, 4.69) is 11.1 Å². The van der Waals surface area contributed by atoms with Crippen molar-refractivity contribution >= 4 is 29.1 Å². The third-order valence-corrected chi connectivity index (χ3v) is 9.46. The number of nitriles is 1. The molecule has 12 nitrogen and oxygen atoms in total. The fraction of sp³-hybridized carbons (Fsp3) is 0.406. The van der Waals surface area contributed by atoms with Gasteiger partial charge in [0.1, 0.15) is 18.3 Å². The standard InChI is InChI=1S/C32H30N4O8/c1-14-26(37)16-11-20-25-24-17(27(38)15(2)31(43-5)29(24)40)10-19(35(25)3)21(12-33)36(20)22(23(16)28(39)30(14)42-4)13-44-32(41)18-8-6-7-9-34-18/h6-9,19-22,25H,10-11,13H2,1-5H3/t19-,20-,21-,22-,25+/m0/s1. The van der Waals surface area contributed by atoms with Gasteiger partial charge in [0.05, 0.1) is 32.4 Å². The molecular formula is C32H30N4O8. The maximum atomic E-state index is 13.9. The van der Waals surface area contributed by atoms with Gasteiger partial charge in [-0.3, -0.25) is 29.0 Å². The minimum absolute atomic E-state index is 0.0160. The fourth-order valence-corrected chi connectivity index (χ4v) is 7.49. The number of likely N-dealkylation sites (N-methyl/N-ethyl adjacent to an activating group) is 1. The van der Waals surface area contributed by atoms with E-state index in [0.717, 1.165) is 0 Å². The highest BCUT2D eigenvalue weighted by Gasteiger charge is 2.60. The van der Waals surface area contributed by atoms with Crippen LogP contribution in [0.1, 0.15) is 37.2 Å². The molecule has 4 heterocycles. The van der Waals surface area contributed by atoms with Gasteiger partial charge in [0.2, 0.25) is 11.6 Å². The van der Waals surface area contributed by atoms with Crippen molar-refractivity contribution in [2.45, 2.75) is 56.9 Å². The van der Waals surface area contributed by atoms with Gasteiger partial charge in [0.15, 0.2) is 23.1 Å². The van der Waals surface area contributed by atoms with Gasteiger partial charge in [-0.2, -0.15) is 5.26 Å². The molecule has 5 atom stereocenters. The second-order valence-electron chi connectivity index (χ2n) is 11.4. The lowest BCUT2D eigenvalue weighted by atomic mass is 9.67. The molecule has 0 unspecified atom stereocenters. The number of pyridine rings is 1. The van der Waals surface area contributed by atoms with Crippen LogP contribution in [0.25, 0.3) is 0 Å². The van der Waals surface area contributed by atoms with Crippen LogP contribution in [-0.4, -0.2) is 102 Å². The summed E-state index contributed by atoms with van der Waals surface area (Å²) in [5.74, 6) is -2.56. The SMILES string of the molecule is COC1=C(C)C(=O)C2=C(C1=O)[C@H]1[C@@H]3CC4=C(C(=O)C(OC)=C(C)C4=O)[C@H](COC(=O)c4ccccn4)N3[C@@H](C#N)[C@H](C2)N1C. The van der Waals surface area contributed by atoms with E-state index in [0.29, 0.717) is 5.57 Å². The Morgan fingerprint density at radius 3 is 2.09 bits per heavy atom. The number of ketones is 4. The van der Waals surface area contributed by atoms with Crippen LogP contribution in [0.4, 0.5) is 0 Å². The van der Waals surface area contributed by atoms with Crippen molar-refractivity contribution in [2.75, 3.05) is 27.9 Å². The highest BCUT2D eigenvalue weighted by atomic mass is 16.5. The normalized spacial score (nSPS) is 28.9. The number of fused-ring (bicyclic) bond motifs is 5. The zero-order valence-electron chi connectivity index (χ0n) is 24.9. The van der Waals surface area contributed by atoms with Gasteiger partial charge in [-0.05, 0) is 45.9 Å². The molecule has 226 valence electrons. The Hall–Kier alpha value is -4.73. The second kappa shape index (κ2) is 10.8. The number of allylic oxidation sites excluding steroid dienone is 4. The third kappa shape index (κ3) is 4.03. The van der Waals surface area contributed by atoms with E-state index in [9.17, 15) is 29.2 Å². The minimum Gasteiger partial charge on any atom is -0.492 e. The zero-order chi connectivity index (χ0) is 31.6. The molecule has 5 aliphatic rings. The number of rotatable bonds is 5. The van der Waals surface area contributed by atoms with Gasteiger partial charge in [0, 0.05) is 51.7 Å². The van der Waals surface area contributed by atoms with Crippen LogP contribution in [0.3, 0.4) is 0 Å². The molecule has 0 amide bonds. The van der Waals surface area contributed by atoms with E-state index in [1.165, 1.54) is 33.4 Å². The van der Waals surface area contributed by atoms with Crippen LogP contribution in [0, 0.1) is 11.3 Å². The van der Waals surface area contributed by atoms with Crippen LogP contribution < -0.4 is 0 Å². The number of esters is 1. The maximum absolute atomic E-state index is 13.9. The molecule has 1 aromatic heterocycles. The number of ether oxygens (including phenoxy) is 3. The molecule has 0 spiro atoms. The molecule has 2 aliphatic carbocycles. The Morgan fingerprint density at radius 1 is 0.932 bits per heavy atom. The summed E-state index contributed by atoms with van der Waals surface area (Å²) in [6, 6.07) is 3.25. The molecule has 2 bridgehead atoms. The molecule has 0 N–H and O–H groups in total. The number of aromatic nitrogens is 1. The summed E-state index contributed by atoms with van der Waals surface area (Å²) < 4.78 is 16.4. The van der Waals surface area contributed by atoms with Crippen LogP contribution >= 0.6 is 0 Å². The Kier molecular flexibility index (Phi) is 7.18. The number of methoxy groups -OCH3 is 2. The van der Waals surface area contributed by atoms with Crippen molar-refractivity contribution in [3.05, 3.63) is 75.0 Å². The highest BCUT2D eigenvalue weighted by Crippen LogP contribution is 2.49. The Bertz CT molecular complexity index is 1710. The van der Waals surface area contributed by atoms with Crippen LogP contribution in [0.15, 0.2) is 69.4 Å². The van der Waals surface area contributed by atoms with Crippen molar-refractivity contribution in [3.63, 3.8) is 0 Å². The Labute approximate surface area is 253 Å².